The van der Waals surface area contributed by atoms with E-state index in [2.05, 4.69) is 6.07 Å². The standard InChI is InChI=1S/C20H19NO3/c1-24-14-7-4-6-13(12-14)15-10-5-11-18(15)21-19(22)16-8-2-3-9-17(16)20(21)23/h2-4,6-9,12,15,18H,5,10-11H2,1H3. The van der Waals surface area contributed by atoms with Crippen LogP contribution in [0.2, 0.25) is 0 Å². The van der Waals surface area contributed by atoms with Crippen LogP contribution in [0, 0.1) is 0 Å². The quantitative estimate of drug-likeness (QED) is 0.811. The van der Waals surface area contributed by atoms with Gasteiger partial charge in [0.15, 0.2) is 0 Å². The van der Waals surface area contributed by atoms with Crippen LogP contribution < -0.4 is 4.74 Å². The van der Waals surface area contributed by atoms with E-state index in [0.717, 1.165) is 30.6 Å². The highest BCUT2D eigenvalue weighted by Gasteiger charge is 2.44. The molecule has 2 amide bonds. The van der Waals surface area contributed by atoms with Crippen molar-refractivity contribution in [1.82, 2.24) is 4.90 Å². The molecule has 0 radical (unpaired) electrons. The number of carbonyl (C=O) groups excluding carboxylic acids is 2. The van der Waals surface area contributed by atoms with Crippen LogP contribution in [-0.4, -0.2) is 29.9 Å². The lowest BCUT2D eigenvalue weighted by atomic mass is 9.93. The van der Waals surface area contributed by atoms with Crippen LogP contribution in [0.3, 0.4) is 0 Å². The Morgan fingerprint density at radius 1 is 0.958 bits per heavy atom. The van der Waals surface area contributed by atoms with Gasteiger partial charge in [-0.3, -0.25) is 14.5 Å². The molecule has 0 N–H and O–H groups in total. The lowest BCUT2D eigenvalue weighted by Crippen LogP contribution is -2.41. The maximum Gasteiger partial charge on any atom is 0.261 e. The molecule has 1 aliphatic carbocycles. The summed E-state index contributed by atoms with van der Waals surface area (Å²) in [6.45, 7) is 0. The van der Waals surface area contributed by atoms with E-state index in [0.29, 0.717) is 11.1 Å². The van der Waals surface area contributed by atoms with E-state index < -0.39 is 0 Å². The topological polar surface area (TPSA) is 46.6 Å². The number of benzene rings is 2. The Hall–Kier alpha value is -2.62. The molecule has 24 heavy (non-hydrogen) atoms. The third-order valence-electron chi connectivity index (χ3n) is 5.16. The third-order valence-corrected chi connectivity index (χ3v) is 5.16. The summed E-state index contributed by atoms with van der Waals surface area (Å²) in [4.78, 5) is 27.0. The number of hydrogen-bond acceptors (Lipinski definition) is 3. The predicted octanol–water partition coefficient (Wildman–Crippen LogP) is 3.63. The molecule has 2 atom stereocenters. The molecule has 122 valence electrons. The molecule has 2 aromatic rings. The van der Waals surface area contributed by atoms with Crippen molar-refractivity contribution in [2.75, 3.05) is 7.11 Å². The van der Waals surface area contributed by atoms with Crippen molar-refractivity contribution in [1.29, 1.82) is 0 Å². The first-order chi connectivity index (χ1) is 11.7. The van der Waals surface area contributed by atoms with E-state index in [1.54, 1.807) is 19.2 Å². The summed E-state index contributed by atoms with van der Waals surface area (Å²) in [6, 6.07) is 15.0. The minimum atomic E-state index is -0.157. The Morgan fingerprint density at radius 2 is 1.67 bits per heavy atom. The van der Waals surface area contributed by atoms with E-state index >= 15 is 0 Å². The number of methoxy groups -OCH3 is 1. The Kier molecular flexibility index (Phi) is 3.60. The van der Waals surface area contributed by atoms with E-state index in [4.69, 9.17) is 4.74 Å². The largest absolute Gasteiger partial charge is 0.497 e. The predicted molar refractivity (Wildman–Crippen MR) is 90.3 cm³/mol. The SMILES string of the molecule is COc1cccc(C2CCCC2N2C(=O)c3ccccc3C2=O)c1. The molecular formula is C20H19NO3. The van der Waals surface area contributed by atoms with Crippen molar-refractivity contribution in [3.05, 3.63) is 65.2 Å². The van der Waals surface area contributed by atoms with Gasteiger partial charge in [0.05, 0.1) is 18.2 Å². The van der Waals surface area contributed by atoms with Crippen molar-refractivity contribution < 1.29 is 14.3 Å². The summed E-state index contributed by atoms with van der Waals surface area (Å²) in [5.74, 6) is 0.661. The Labute approximate surface area is 141 Å². The maximum atomic E-state index is 12.8. The molecule has 1 fully saturated rings. The second kappa shape index (κ2) is 5.78. The number of hydrogen-bond donors (Lipinski definition) is 0. The fourth-order valence-electron chi connectivity index (χ4n) is 4.02. The molecule has 4 nitrogen and oxygen atoms in total. The van der Waals surface area contributed by atoms with Gasteiger partial charge in [-0.1, -0.05) is 30.7 Å². The van der Waals surface area contributed by atoms with Gasteiger partial charge in [-0.2, -0.15) is 0 Å². The number of imide groups is 1. The summed E-state index contributed by atoms with van der Waals surface area (Å²) in [5, 5.41) is 0. The Bertz CT molecular complexity index is 779. The van der Waals surface area contributed by atoms with Crippen LogP contribution >= 0.6 is 0 Å². The third kappa shape index (κ3) is 2.21. The number of rotatable bonds is 3. The molecule has 2 aliphatic rings. The summed E-state index contributed by atoms with van der Waals surface area (Å²) in [5.41, 5.74) is 2.19. The highest BCUT2D eigenvalue weighted by molar-refractivity contribution is 6.21. The second-order valence-electron chi connectivity index (χ2n) is 6.41. The van der Waals surface area contributed by atoms with Gasteiger partial charge in [0.2, 0.25) is 0 Å². The molecule has 0 bridgehead atoms. The van der Waals surface area contributed by atoms with Gasteiger partial charge < -0.3 is 4.74 Å². The van der Waals surface area contributed by atoms with Crippen LogP contribution in [0.25, 0.3) is 0 Å². The highest BCUT2D eigenvalue weighted by Crippen LogP contribution is 2.41. The van der Waals surface area contributed by atoms with Crippen molar-refractivity contribution in [3.63, 3.8) is 0 Å². The first-order valence-electron chi connectivity index (χ1n) is 8.31. The zero-order valence-corrected chi connectivity index (χ0v) is 13.6. The molecule has 1 aliphatic heterocycles. The van der Waals surface area contributed by atoms with Crippen molar-refractivity contribution in [3.8, 4) is 5.75 Å². The second-order valence-corrected chi connectivity index (χ2v) is 6.41. The first kappa shape index (κ1) is 14.9. The number of carbonyl (C=O) groups is 2. The molecule has 0 aromatic heterocycles. The molecule has 4 rings (SSSR count). The van der Waals surface area contributed by atoms with Gasteiger partial charge >= 0.3 is 0 Å². The number of fused-ring (bicyclic) bond motifs is 1. The van der Waals surface area contributed by atoms with Crippen LogP contribution in [-0.2, 0) is 0 Å². The van der Waals surface area contributed by atoms with Gasteiger partial charge in [0.1, 0.15) is 5.75 Å². The zero-order chi connectivity index (χ0) is 16.7. The van der Waals surface area contributed by atoms with Crippen molar-refractivity contribution >= 4 is 11.8 Å². The normalized spacial score (nSPS) is 22.8. The monoisotopic (exact) mass is 321 g/mol. The summed E-state index contributed by atoms with van der Waals surface area (Å²) in [7, 11) is 1.65. The zero-order valence-electron chi connectivity index (χ0n) is 13.6. The molecule has 2 unspecified atom stereocenters. The Balaban J connectivity index is 1.69. The van der Waals surface area contributed by atoms with Crippen LogP contribution in [0.1, 0.15) is 51.5 Å². The molecule has 1 saturated carbocycles. The lowest BCUT2D eigenvalue weighted by Gasteiger charge is -2.28. The molecule has 1 heterocycles. The summed E-state index contributed by atoms with van der Waals surface area (Å²) in [6.07, 6.45) is 2.85. The average molecular weight is 321 g/mol. The number of nitrogens with zero attached hydrogens (tertiary/aromatic N) is 1. The van der Waals surface area contributed by atoms with Gasteiger partial charge in [-0.05, 0) is 42.7 Å². The maximum absolute atomic E-state index is 12.8. The summed E-state index contributed by atoms with van der Waals surface area (Å²) >= 11 is 0. The molecular weight excluding hydrogens is 302 g/mol. The molecule has 2 aromatic carbocycles. The van der Waals surface area contributed by atoms with Crippen molar-refractivity contribution in [2.45, 2.75) is 31.2 Å². The number of ether oxygens (including phenoxy) is 1. The Morgan fingerprint density at radius 3 is 2.33 bits per heavy atom. The van der Waals surface area contributed by atoms with Gasteiger partial charge in [-0.15, -0.1) is 0 Å². The van der Waals surface area contributed by atoms with E-state index in [9.17, 15) is 9.59 Å². The molecule has 4 heteroatoms. The lowest BCUT2D eigenvalue weighted by molar-refractivity contribution is 0.0574. The van der Waals surface area contributed by atoms with Crippen LogP contribution in [0.4, 0.5) is 0 Å². The van der Waals surface area contributed by atoms with Gasteiger partial charge in [0, 0.05) is 12.0 Å². The van der Waals surface area contributed by atoms with Crippen LogP contribution in [0.5, 0.6) is 5.75 Å². The van der Waals surface area contributed by atoms with Crippen LogP contribution in [0.15, 0.2) is 48.5 Å². The molecule has 0 spiro atoms. The summed E-state index contributed by atoms with van der Waals surface area (Å²) < 4.78 is 5.32. The van der Waals surface area contributed by atoms with E-state index in [1.165, 1.54) is 4.90 Å². The van der Waals surface area contributed by atoms with Gasteiger partial charge in [-0.25, -0.2) is 0 Å². The first-order valence-corrected chi connectivity index (χ1v) is 8.31. The van der Waals surface area contributed by atoms with E-state index in [-0.39, 0.29) is 23.8 Å². The minimum Gasteiger partial charge on any atom is -0.497 e. The van der Waals surface area contributed by atoms with Gasteiger partial charge in [0.25, 0.3) is 11.8 Å². The fourth-order valence-corrected chi connectivity index (χ4v) is 4.02. The molecule has 0 saturated heterocycles. The van der Waals surface area contributed by atoms with Crippen molar-refractivity contribution in [2.24, 2.45) is 0 Å². The van der Waals surface area contributed by atoms with E-state index in [1.807, 2.05) is 30.3 Å². The average Bonchev–Trinajstić information content (AvgIpc) is 3.19. The highest BCUT2D eigenvalue weighted by atomic mass is 16.5. The number of amides is 2. The minimum absolute atomic E-state index is 0.0792. The smallest absolute Gasteiger partial charge is 0.261 e. The fraction of sp³-hybridized carbons (Fsp3) is 0.300.